The van der Waals surface area contributed by atoms with Crippen molar-refractivity contribution in [2.24, 2.45) is 0 Å². The first-order chi connectivity index (χ1) is 13.8. The topological polar surface area (TPSA) is 125 Å². The van der Waals surface area contributed by atoms with Crippen LogP contribution in [-0.4, -0.2) is 74.9 Å². The number of alkyl halides is 6. The zero-order valence-corrected chi connectivity index (χ0v) is 20.2. The number of phosphoric acid groups is 2. The molecule has 0 saturated carbocycles. The van der Waals surface area contributed by atoms with Crippen molar-refractivity contribution in [2.75, 3.05) is 62.5 Å². The van der Waals surface area contributed by atoms with E-state index in [1.54, 1.807) is 0 Å². The molecule has 0 aromatic carbocycles. The van der Waals surface area contributed by atoms with E-state index >= 15 is 0 Å². The molecule has 0 fully saturated rings. The molecule has 11 nitrogen and oxygen atoms in total. The molecule has 31 heavy (non-hydrogen) atoms. The lowest BCUT2D eigenvalue weighted by atomic mass is 10.7. The van der Waals surface area contributed by atoms with Crippen LogP contribution in [0.5, 0.6) is 0 Å². The third-order valence-electron chi connectivity index (χ3n) is 2.33. The van der Waals surface area contributed by atoms with Crippen molar-refractivity contribution in [1.82, 2.24) is 0 Å². The number of hydrogen-bond donors (Lipinski definition) is 0. The van der Waals surface area contributed by atoms with Gasteiger partial charge in [0, 0.05) is 49.3 Å². The predicted molar refractivity (Wildman–Crippen MR) is 94.8 cm³/mol. The fourth-order valence-corrected chi connectivity index (χ4v) is 2.24. The van der Waals surface area contributed by atoms with Crippen LogP contribution in [0.1, 0.15) is 0 Å². The van der Waals surface area contributed by atoms with Gasteiger partial charge < -0.3 is 9.05 Å². The van der Waals surface area contributed by atoms with E-state index in [0.29, 0.717) is 7.11 Å². The minimum Gasteiger partial charge on any atom is -0.312 e. The van der Waals surface area contributed by atoms with Gasteiger partial charge in [0.1, 0.15) is 0 Å². The minimum atomic E-state index is -4.85. The molecule has 0 N–H and O–H groups in total. The van der Waals surface area contributed by atoms with Crippen molar-refractivity contribution in [1.29, 1.82) is 0 Å². The second-order valence-corrected chi connectivity index (χ2v) is 10.6. The maximum absolute atomic E-state index is 11.6. The van der Waals surface area contributed by atoms with Gasteiger partial charge in [-0.1, -0.05) is 0 Å². The van der Waals surface area contributed by atoms with Crippen LogP contribution in [0.15, 0.2) is 0 Å². The Balaban J connectivity index is -0.000000435. The average molecular weight is 540 g/mol. The van der Waals surface area contributed by atoms with Gasteiger partial charge in [0.05, 0.1) is 0 Å². The molecule has 0 amide bonds. The third-order valence-corrected chi connectivity index (χ3v) is 6.34. The molecule has 0 atom stereocenters. The monoisotopic (exact) mass is 540 g/mol. The van der Waals surface area contributed by atoms with E-state index in [0.717, 1.165) is 0 Å². The van der Waals surface area contributed by atoms with Gasteiger partial charge in [-0.2, -0.15) is 26.3 Å². The van der Waals surface area contributed by atoms with Gasteiger partial charge in [-0.25, -0.2) is 9.13 Å². The summed E-state index contributed by atoms with van der Waals surface area (Å²) in [6.07, 6.45) is -9.70. The number of phosphoric ester groups is 2. The van der Waals surface area contributed by atoms with Crippen LogP contribution in [0.2, 0.25) is 0 Å². The highest BCUT2D eigenvalue weighted by molar-refractivity contribution is 7.52. The standard InChI is InChI=1S/C5H7F6O4P.C3H9O4P.C3H9O3P/c1-13-16(12,14-2-4(6,7)8)15-3-5(9,10)11;1-5-8(4,6-2)7-3;1-5-7(3,4)6-2/h2-3H2,1H3;1-3H3;1-3H3. The van der Waals surface area contributed by atoms with Crippen LogP contribution in [0.25, 0.3) is 0 Å². The van der Waals surface area contributed by atoms with E-state index in [1.165, 1.54) is 42.2 Å². The fraction of sp³-hybridized carbons (Fsp3) is 1.00. The van der Waals surface area contributed by atoms with Gasteiger partial charge >= 0.3 is 35.6 Å². The van der Waals surface area contributed by atoms with E-state index in [1.807, 2.05) is 0 Å². The summed E-state index contributed by atoms with van der Waals surface area (Å²) in [4.78, 5) is 0. The van der Waals surface area contributed by atoms with Crippen molar-refractivity contribution < 1.29 is 76.2 Å². The first-order valence-electron chi connectivity index (χ1n) is 7.32. The molecular weight excluding hydrogens is 515 g/mol. The van der Waals surface area contributed by atoms with E-state index < -0.39 is 48.8 Å². The van der Waals surface area contributed by atoms with Crippen molar-refractivity contribution in [3.05, 3.63) is 0 Å². The largest absolute Gasteiger partial charge is 0.475 e. The van der Waals surface area contributed by atoms with E-state index in [4.69, 9.17) is 0 Å². The molecule has 0 heterocycles. The first-order valence-corrected chi connectivity index (χ1v) is 12.2. The Labute approximate surface area is 175 Å². The zero-order valence-electron chi connectivity index (χ0n) is 17.5. The molecule has 0 saturated heterocycles. The predicted octanol–water partition coefficient (Wildman–Crippen LogP) is 5.03. The normalized spacial score (nSPS) is 13.1. The second-order valence-electron chi connectivity index (χ2n) is 4.54. The van der Waals surface area contributed by atoms with Crippen LogP contribution in [0, 0.1) is 0 Å². The maximum Gasteiger partial charge on any atom is 0.475 e. The van der Waals surface area contributed by atoms with Gasteiger partial charge in [0.15, 0.2) is 13.2 Å². The summed E-state index contributed by atoms with van der Waals surface area (Å²) in [5.41, 5.74) is 0. The van der Waals surface area contributed by atoms with Gasteiger partial charge in [0.25, 0.3) is 0 Å². The molecule has 20 heteroatoms. The molecule has 0 aliphatic rings. The lowest BCUT2D eigenvalue weighted by Gasteiger charge is -2.17. The highest BCUT2D eigenvalue weighted by Crippen LogP contribution is 2.50. The molecule has 0 spiro atoms. The molecule has 0 radical (unpaired) electrons. The Morgan fingerprint density at radius 2 is 0.806 bits per heavy atom. The molecule has 0 aliphatic heterocycles. The molecular formula is C11H25F6O11P3. The second kappa shape index (κ2) is 15.7. The molecule has 0 aromatic heterocycles. The first kappa shape index (κ1) is 35.5. The summed E-state index contributed by atoms with van der Waals surface area (Å²) in [6.45, 7) is -2.65. The van der Waals surface area contributed by atoms with Gasteiger partial charge in [-0.3, -0.25) is 31.7 Å². The van der Waals surface area contributed by atoms with E-state index in [2.05, 4.69) is 36.2 Å². The Kier molecular flexibility index (Phi) is 18.0. The summed E-state index contributed by atoms with van der Waals surface area (Å²) in [7, 11) is -3.57. The van der Waals surface area contributed by atoms with Crippen molar-refractivity contribution in [2.45, 2.75) is 12.4 Å². The minimum absolute atomic E-state index is 0.605. The van der Waals surface area contributed by atoms with E-state index in [-0.39, 0.29) is 0 Å². The van der Waals surface area contributed by atoms with Crippen LogP contribution < -0.4 is 0 Å². The third kappa shape index (κ3) is 22.9. The van der Waals surface area contributed by atoms with Crippen LogP contribution in [0.3, 0.4) is 0 Å². The van der Waals surface area contributed by atoms with E-state index in [9.17, 15) is 40.0 Å². The smallest absolute Gasteiger partial charge is 0.312 e. The van der Waals surface area contributed by atoms with Gasteiger partial charge in [-0.15, -0.1) is 0 Å². The fourth-order valence-electron chi connectivity index (χ4n) is 0.745. The molecule has 0 aliphatic carbocycles. The molecule has 0 rings (SSSR count). The summed E-state index contributed by atoms with van der Waals surface area (Å²) >= 11 is 0. The summed E-state index contributed by atoms with van der Waals surface area (Å²) < 4.78 is 135. The highest BCUT2D eigenvalue weighted by atomic mass is 31.2. The Hall–Kier alpha value is -0.0500. The van der Waals surface area contributed by atoms with Crippen LogP contribution in [-0.2, 0) is 49.9 Å². The quantitative estimate of drug-likeness (QED) is 0.274. The van der Waals surface area contributed by atoms with Crippen molar-refractivity contribution in [3.8, 4) is 0 Å². The molecule has 0 bridgehead atoms. The zero-order chi connectivity index (χ0) is 25.6. The Morgan fingerprint density at radius 1 is 0.548 bits per heavy atom. The average Bonchev–Trinajstić information content (AvgIpc) is 2.70. The molecule has 0 unspecified atom stereocenters. The number of rotatable bonds is 10. The molecule has 0 aromatic rings. The van der Waals surface area contributed by atoms with Crippen molar-refractivity contribution >= 4 is 23.2 Å². The summed E-state index contributed by atoms with van der Waals surface area (Å²) in [6, 6.07) is 0. The number of hydrogen-bond acceptors (Lipinski definition) is 11. The lowest BCUT2D eigenvalue weighted by molar-refractivity contribution is -0.169. The maximum atomic E-state index is 11.6. The van der Waals surface area contributed by atoms with Crippen LogP contribution >= 0.6 is 23.2 Å². The SMILES string of the molecule is COP(=O)(OC)OC.COP(=O)(OCC(F)(F)F)OCC(F)(F)F.COP(C)(=O)OC. The summed E-state index contributed by atoms with van der Waals surface area (Å²) in [5.74, 6) is 0. The summed E-state index contributed by atoms with van der Waals surface area (Å²) in [5, 5.41) is 0. The molecule has 192 valence electrons. The Morgan fingerprint density at radius 3 is 0.903 bits per heavy atom. The van der Waals surface area contributed by atoms with Crippen molar-refractivity contribution in [3.63, 3.8) is 0 Å². The lowest BCUT2D eigenvalue weighted by Crippen LogP contribution is -2.20. The highest BCUT2D eigenvalue weighted by Gasteiger charge is 2.38. The van der Waals surface area contributed by atoms with Gasteiger partial charge in [0.2, 0.25) is 0 Å². The number of halogens is 6. The van der Waals surface area contributed by atoms with Crippen LogP contribution in [0.4, 0.5) is 26.3 Å². The Bertz CT molecular complexity index is 564. The van der Waals surface area contributed by atoms with Gasteiger partial charge in [-0.05, 0) is 0 Å².